The molecule has 1 saturated heterocycles. The Balaban J connectivity index is 2.59. The monoisotopic (exact) mass is 287 g/mol. The topological polar surface area (TPSA) is 3.24 Å². The molecule has 0 amide bonds. The molecule has 21 heavy (non-hydrogen) atoms. The highest BCUT2D eigenvalue weighted by Crippen LogP contribution is 2.37. The highest BCUT2D eigenvalue weighted by Gasteiger charge is 2.41. The Bertz CT molecular complexity index is 266. The van der Waals surface area contributed by atoms with Crippen LogP contribution in [0.5, 0.6) is 0 Å². The summed E-state index contributed by atoms with van der Waals surface area (Å²) in [5, 5.41) is -0.579. The molecule has 0 bridgehead atoms. The number of rotatable bonds is 11. The number of hydrogen-bond donors (Lipinski definition) is 0. The summed E-state index contributed by atoms with van der Waals surface area (Å²) in [6.07, 6.45) is 15.2. The van der Waals surface area contributed by atoms with Crippen molar-refractivity contribution in [1.29, 1.82) is 0 Å². The standard InChI is InChI=1S/C18H35B2N/c1-4-6-8-10-13-17(3,14-11-9-7-5-2)21-16-12-15-18(21,19)20/h4-16H2,1-3H3. The summed E-state index contributed by atoms with van der Waals surface area (Å²) in [6, 6.07) is 0. The molecule has 0 atom stereocenters. The van der Waals surface area contributed by atoms with Crippen LogP contribution in [0.2, 0.25) is 0 Å². The molecule has 0 N–H and O–H groups in total. The largest absolute Gasteiger partial charge is 0.309 e. The first kappa shape index (κ1) is 19.1. The van der Waals surface area contributed by atoms with E-state index in [9.17, 15) is 0 Å². The third kappa shape index (κ3) is 6.00. The molecule has 0 spiro atoms. The highest BCUT2D eigenvalue weighted by atomic mass is 15.2. The maximum atomic E-state index is 6.37. The van der Waals surface area contributed by atoms with Crippen LogP contribution in [-0.4, -0.2) is 38.0 Å². The van der Waals surface area contributed by atoms with Gasteiger partial charge in [0.1, 0.15) is 0 Å². The van der Waals surface area contributed by atoms with E-state index in [1.165, 1.54) is 64.2 Å². The Morgan fingerprint density at radius 1 is 0.905 bits per heavy atom. The van der Waals surface area contributed by atoms with E-state index in [-0.39, 0.29) is 5.54 Å². The lowest BCUT2D eigenvalue weighted by atomic mass is 9.59. The molecule has 0 aromatic heterocycles. The van der Waals surface area contributed by atoms with E-state index in [4.69, 9.17) is 15.7 Å². The minimum atomic E-state index is -0.579. The molecule has 1 rings (SSSR count). The van der Waals surface area contributed by atoms with Gasteiger partial charge in [0.15, 0.2) is 0 Å². The average Bonchev–Trinajstić information content (AvgIpc) is 2.80. The van der Waals surface area contributed by atoms with E-state index in [1.807, 2.05) is 0 Å². The minimum absolute atomic E-state index is 0.196. The molecule has 1 aliphatic rings. The Labute approximate surface area is 136 Å². The lowest BCUT2D eigenvalue weighted by Crippen LogP contribution is -2.57. The summed E-state index contributed by atoms with van der Waals surface area (Å²) in [5.74, 6) is 0. The third-order valence-corrected chi connectivity index (χ3v) is 5.25. The summed E-state index contributed by atoms with van der Waals surface area (Å²) in [6.45, 7) is 8.03. The van der Waals surface area contributed by atoms with Crippen LogP contribution in [0.4, 0.5) is 0 Å². The zero-order valence-corrected chi connectivity index (χ0v) is 14.8. The molecular formula is C18H35B2N. The van der Waals surface area contributed by atoms with Gasteiger partial charge in [-0.15, -0.1) is 0 Å². The van der Waals surface area contributed by atoms with E-state index in [0.717, 1.165) is 19.4 Å². The van der Waals surface area contributed by atoms with Gasteiger partial charge in [0.25, 0.3) is 0 Å². The average molecular weight is 287 g/mol. The Kier molecular flexibility index (Phi) is 8.46. The van der Waals surface area contributed by atoms with Crippen LogP contribution in [0.25, 0.3) is 0 Å². The summed E-state index contributed by atoms with van der Waals surface area (Å²) in [5.41, 5.74) is 0.196. The fraction of sp³-hybridized carbons (Fsp3) is 1.00. The molecular weight excluding hydrogens is 252 g/mol. The first-order valence-electron chi connectivity index (χ1n) is 9.32. The van der Waals surface area contributed by atoms with Crippen LogP contribution in [0.1, 0.15) is 97.8 Å². The van der Waals surface area contributed by atoms with Gasteiger partial charge < -0.3 is 4.90 Å². The van der Waals surface area contributed by atoms with Crippen LogP contribution in [0.3, 0.4) is 0 Å². The molecule has 1 heterocycles. The molecule has 0 aromatic rings. The second kappa shape index (κ2) is 9.28. The van der Waals surface area contributed by atoms with Crippen LogP contribution >= 0.6 is 0 Å². The molecule has 1 nitrogen and oxygen atoms in total. The summed E-state index contributed by atoms with van der Waals surface area (Å²) in [4.78, 5) is 2.43. The SMILES string of the molecule is [B]C1([B])CCCN1C(C)(CCCCCC)CCCCCC. The van der Waals surface area contributed by atoms with Gasteiger partial charge in [-0.2, -0.15) is 0 Å². The van der Waals surface area contributed by atoms with Crippen molar-refractivity contribution in [3.05, 3.63) is 0 Å². The van der Waals surface area contributed by atoms with Crippen molar-refractivity contribution in [2.24, 2.45) is 0 Å². The molecule has 0 saturated carbocycles. The number of likely N-dealkylation sites (tertiary alicyclic amines) is 1. The van der Waals surface area contributed by atoms with E-state index in [1.54, 1.807) is 0 Å². The lowest BCUT2D eigenvalue weighted by Gasteiger charge is -2.48. The Morgan fingerprint density at radius 2 is 1.43 bits per heavy atom. The quantitative estimate of drug-likeness (QED) is 0.391. The van der Waals surface area contributed by atoms with Crippen LogP contribution in [0.15, 0.2) is 0 Å². The second-order valence-electron chi connectivity index (χ2n) is 7.36. The van der Waals surface area contributed by atoms with Crippen molar-refractivity contribution in [3.8, 4) is 0 Å². The summed E-state index contributed by atoms with van der Waals surface area (Å²) >= 11 is 0. The van der Waals surface area contributed by atoms with Crippen molar-refractivity contribution in [3.63, 3.8) is 0 Å². The van der Waals surface area contributed by atoms with E-state index < -0.39 is 5.34 Å². The second-order valence-corrected chi connectivity index (χ2v) is 7.36. The fourth-order valence-corrected chi connectivity index (χ4v) is 3.90. The Hall–Kier alpha value is 0.0899. The van der Waals surface area contributed by atoms with Gasteiger partial charge in [-0.1, -0.05) is 70.6 Å². The van der Waals surface area contributed by atoms with Gasteiger partial charge in [-0.3, -0.25) is 0 Å². The molecule has 0 unspecified atom stereocenters. The predicted molar refractivity (Wildman–Crippen MR) is 96.1 cm³/mol. The zero-order chi connectivity index (χ0) is 15.8. The molecule has 4 radical (unpaired) electrons. The van der Waals surface area contributed by atoms with Crippen LogP contribution < -0.4 is 0 Å². The Morgan fingerprint density at radius 3 is 1.81 bits per heavy atom. The number of hydrogen-bond acceptors (Lipinski definition) is 1. The van der Waals surface area contributed by atoms with Gasteiger partial charge in [0.2, 0.25) is 0 Å². The van der Waals surface area contributed by atoms with E-state index in [2.05, 4.69) is 25.7 Å². The van der Waals surface area contributed by atoms with Crippen LogP contribution in [-0.2, 0) is 0 Å². The first-order chi connectivity index (χ1) is 9.96. The lowest BCUT2D eigenvalue weighted by molar-refractivity contribution is 0.0793. The van der Waals surface area contributed by atoms with Crippen molar-refractivity contribution >= 4 is 15.7 Å². The molecule has 118 valence electrons. The molecule has 0 aromatic carbocycles. The van der Waals surface area contributed by atoms with Gasteiger partial charge >= 0.3 is 0 Å². The summed E-state index contributed by atoms with van der Waals surface area (Å²) in [7, 11) is 12.7. The van der Waals surface area contributed by atoms with Gasteiger partial charge in [-0.25, -0.2) is 0 Å². The highest BCUT2D eigenvalue weighted by molar-refractivity contribution is 6.40. The third-order valence-electron chi connectivity index (χ3n) is 5.25. The van der Waals surface area contributed by atoms with E-state index >= 15 is 0 Å². The molecule has 3 heteroatoms. The molecule has 0 aliphatic carbocycles. The normalized spacial score (nSPS) is 19.2. The van der Waals surface area contributed by atoms with Crippen molar-refractivity contribution in [1.82, 2.24) is 4.90 Å². The maximum Gasteiger partial charge on any atom is 0.0824 e. The van der Waals surface area contributed by atoms with Gasteiger partial charge in [-0.05, 0) is 39.2 Å². The number of unbranched alkanes of at least 4 members (excludes halogenated alkanes) is 6. The zero-order valence-electron chi connectivity index (χ0n) is 14.8. The van der Waals surface area contributed by atoms with Gasteiger partial charge in [0, 0.05) is 5.54 Å². The van der Waals surface area contributed by atoms with Crippen LogP contribution in [0, 0.1) is 0 Å². The fourth-order valence-electron chi connectivity index (χ4n) is 3.90. The first-order valence-corrected chi connectivity index (χ1v) is 9.32. The van der Waals surface area contributed by atoms with Gasteiger partial charge in [0.05, 0.1) is 15.7 Å². The van der Waals surface area contributed by atoms with Crippen molar-refractivity contribution in [2.45, 2.75) is 109 Å². The molecule has 1 aliphatic heterocycles. The maximum absolute atomic E-state index is 6.37. The van der Waals surface area contributed by atoms with Crippen molar-refractivity contribution in [2.75, 3.05) is 6.54 Å². The van der Waals surface area contributed by atoms with Crippen molar-refractivity contribution < 1.29 is 0 Å². The van der Waals surface area contributed by atoms with E-state index in [0.29, 0.717) is 0 Å². The smallest absolute Gasteiger partial charge is 0.0824 e. The summed E-state index contributed by atoms with van der Waals surface area (Å²) < 4.78 is 0. The molecule has 1 fully saturated rings. The minimum Gasteiger partial charge on any atom is -0.309 e. The predicted octanol–water partition coefficient (Wildman–Crippen LogP) is 4.77. The number of nitrogens with zero attached hydrogens (tertiary/aromatic N) is 1.